The fourth-order valence-electron chi connectivity index (χ4n) is 6.20. The van der Waals surface area contributed by atoms with Crippen molar-refractivity contribution in [1.29, 1.82) is 0 Å². The SMILES string of the molecule is Cc1cc(C)c(C)c(-c2cc3c(c[n+]2C)c2ccccc2n3-c2ccc(-c3ccc(-c4ccccc4)cc3)cc2)c1. The van der Waals surface area contributed by atoms with Crippen molar-refractivity contribution in [2.75, 3.05) is 0 Å². The van der Waals surface area contributed by atoms with Crippen molar-refractivity contribution in [1.82, 2.24) is 4.57 Å². The number of pyridine rings is 1. The quantitative estimate of drug-likeness (QED) is 0.201. The first-order chi connectivity index (χ1) is 20.0. The third-order valence-corrected chi connectivity index (χ3v) is 8.47. The molecule has 2 nitrogen and oxygen atoms in total. The average Bonchev–Trinajstić information content (AvgIpc) is 3.32. The van der Waals surface area contributed by atoms with Gasteiger partial charge >= 0.3 is 0 Å². The van der Waals surface area contributed by atoms with Crippen molar-refractivity contribution in [2.24, 2.45) is 7.05 Å². The van der Waals surface area contributed by atoms with E-state index in [0.29, 0.717) is 0 Å². The van der Waals surface area contributed by atoms with Crippen LogP contribution in [0.1, 0.15) is 16.7 Å². The van der Waals surface area contributed by atoms with Crippen molar-refractivity contribution < 1.29 is 4.57 Å². The Bertz CT molecular complexity index is 2050. The van der Waals surface area contributed by atoms with Gasteiger partial charge in [-0.2, -0.15) is 0 Å². The standard InChI is InChI=1S/C39H33N2/c1-26-22-27(2)28(3)35(23-26)38-24-39-36(25-40(38)4)34-12-8-9-13-37(34)41(39)33-20-18-32(19-21-33)31-16-14-30(15-17-31)29-10-6-5-7-11-29/h5-25H,1-4H3/q+1. The van der Waals surface area contributed by atoms with Gasteiger partial charge in [-0.05, 0) is 78.4 Å². The molecule has 2 aromatic heterocycles. The lowest BCUT2D eigenvalue weighted by atomic mass is 9.97. The number of hydrogen-bond donors (Lipinski definition) is 0. The number of rotatable bonds is 4. The molecule has 0 unspecified atom stereocenters. The number of hydrogen-bond acceptors (Lipinski definition) is 0. The van der Waals surface area contributed by atoms with Crippen molar-refractivity contribution in [3.63, 3.8) is 0 Å². The first kappa shape index (κ1) is 25.0. The summed E-state index contributed by atoms with van der Waals surface area (Å²) in [5.41, 5.74) is 15.0. The molecule has 7 rings (SSSR count). The third-order valence-electron chi connectivity index (χ3n) is 8.47. The van der Waals surface area contributed by atoms with Gasteiger partial charge in [-0.25, -0.2) is 4.57 Å². The van der Waals surface area contributed by atoms with Crippen LogP contribution in [0.5, 0.6) is 0 Å². The number of nitrogens with zero attached hydrogens (tertiary/aromatic N) is 2. The fourth-order valence-corrected chi connectivity index (χ4v) is 6.20. The van der Waals surface area contributed by atoms with Crippen LogP contribution in [0, 0.1) is 20.8 Å². The molecule has 0 atom stereocenters. The van der Waals surface area contributed by atoms with Crippen LogP contribution in [0.3, 0.4) is 0 Å². The third kappa shape index (κ3) is 4.33. The molecular formula is C39H33N2+. The summed E-state index contributed by atoms with van der Waals surface area (Å²) in [5.74, 6) is 0. The zero-order chi connectivity index (χ0) is 28.1. The van der Waals surface area contributed by atoms with Gasteiger partial charge in [-0.15, -0.1) is 0 Å². The normalized spacial score (nSPS) is 11.4. The zero-order valence-corrected chi connectivity index (χ0v) is 24.0. The number of para-hydroxylation sites is 1. The number of benzene rings is 5. The Morgan fingerprint density at radius 1 is 0.537 bits per heavy atom. The second-order valence-electron chi connectivity index (χ2n) is 11.2. The van der Waals surface area contributed by atoms with Gasteiger partial charge in [0, 0.05) is 22.7 Å². The van der Waals surface area contributed by atoms with E-state index in [4.69, 9.17) is 0 Å². The topological polar surface area (TPSA) is 8.81 Å². The molecule has 0 spiro atoms. The fraction of sp³-hybridized carbons (Fsp3) is 0.103. The minimum absolute atomic E-state index is 1.16. The Morgan fingerprint density at radius 3 is 1.80 bits per heavy atom. The first-order valence-corrected chi connectivity index (χ1v) is 14.3. The molecule has 5 aromatic carbocycles. The first-order valence-electron chi connectivity index (χ1n) is 14.3. The van der Waals surface area contributed by atoms with Crippen LogP contribution < -0.4 is 4.57 Å². The summed E-state index contributed by atoms with van der Waals surface area (Å²) in [6.45, 7) is 6.62. The monoisotopic (exact) mass is 529 g/mol. The highest BCUT2D eigenvalue weighted by molar-refractivity contribution is 6.09. The Morgan fingerprint density at radius 2 is 1.12 bits per heavy atom. The summed E-state index contributed by atoms with van der Waals surface area (Å²) in [5, 5.41) is 2.52. The summed E-state index contributed by atoms with van der Waals surface area (Å²) < 4.78 is 4.69. The van der Waals surface area contributed by atoms with E-state index >= 15 is 0 Å². The van der Waals surface area contributed by atoms with E-state index in [1.165, 1.54) is 72.0 Å². The van der Waals surface area contributed by atoms with Crippen LogP contribution in [0.4, 0.5) is 0 Å². The molecule has 0 aliphatic carbocycles. The largest absolute Gasteiger partial charge is 0.309 e. The molecule has 2 heteroatoms. The van der Waals surface area contributed by atoms with E-state index < -0.39 is 0 Å². The van der Waals surface area contributed by atoms with Gasteiger partial charge in [0.25, 0.3) is 0 Å². The van der Waals surface area contributed by atoms with E-state index in [9.17, 15) is 0 Å². The minimum Gasteiger partial charge on any atom is -0.309 e. The summed E-state index contributed by atoms with van der Waals surface area (Å²) in [6.07, 6.45) is 2.29. The van der Waals surface area contributed by atoms with E-state index in [2.05, 4.69) is 164 Å². The Kier molecular flexibility index (Phi) is 6.05. The second-order valence-corrected chi connectivity index (χ2v) is 11.2. The number of aryl methyl sites for hydroxylation is 3. The van der Waals surface area contributed by atoms with Crippen molar-refractivity contribution in [3.8, 4) is 39.2 Å². The molecule has 0 aliphatic heterocycles. The maximum absolute atomic E-state index is 2.41. The highest BCUT2D eigenvalue weighted by Crippen LogP contribution is 2.35. The predicted octanol–water partition coefficient (Wildman–Crippen LogP) is 9.53. The van der Waals surface area contributed by atoms with Crippen LogP contribution in [0.2, 0.25) is 0 Å². The van der Waals surface area contributed by atoms with Crippen molar-refractivity contribution in [3.05, 3.63) is 144 Å². The van der Waals surface area contributed by atoms with Crippen molar-refractivity contribution >= 4 is 21.8 Å². The molecule has 0 amide bonds. The maximum Gasteiger partial charge on any atom is 0.214 e. The van der Waals surface area contributed by atoms with Crippen LogP contribution >= 0.6 is 0 Å². The zero-order valence-electron chi connectivity index (χ0n) is 24.0. The van der Waals surface area contributed by atoms with Gasteiger partial charge in [0.15, 0.2) is 6.20 Å². The highest BCUT2D eigenvalue weighted by atomic mass is 15.0. The summed E-state index contributed by atoms with van der Waals surface area (Å²) in [7, 11) is 2.16. The average molecular weight is 530 g/mol. The molecule has 0 saturated carbocycles. The maximum atomic E-state index is 2.41. The van der Waals surface area contributed by atoms with Gasteiger partial charge in [-0.3, -0.25) is 0 Å². The smallest absolute Gasteiger partial charge is 0.214 e. The van der Waals surface area contributed by atoms with Crippen LogP contribution in [0.25, 0.3) is 61.0 Å². The summed E-state index contributed by atoms with van der Waals surface area (Å²) in [4.78, 5) is 0. The molecule has 7 aromatic rings. The molecule has 0 saturated heterocycles. The lowest BCUT2D eigenvalue weighted by Gasteiger charge is -2.12. The van der Waals surface area contributed by atoms with Gasteiger partial charge in [0.2, 0.25) is 5.69 Å². The Hall–Kier alpha value is -4.95. The van der Waals surface area contributed by atoms with Gasteiger partial charge in [-0.1, -0.05) is 96.6 Å². The van der Waals surface area contributed by atoms with E-state index in [0.717, 1.165) is 5.69 Å². The molecule has 0 bridgehead atoms. The molecule has 0 aliphatic rings. The Labute approximate surface area is 241 Å². The van der Waals surface area contributed by atoms with Crippen molar-refractivity contribution in [2.45, 2.75) is 20.8 Å². The lowest BCUT2D eigenvalue weighted by molar-refractivity contribution is -0.659. The summed E-state index contributed by atoms with van der Waals surface area (Å²) in [6, 6.07) is 44.1. The Balaban J connectivity index is 1.35. The molecule has 0 radical (unpaired) electrons. The lowest BCUT2D eigenvalue weighted by Crippen LogP contribution is -2.30. The predicted molar refractivity (Wildman–Crippen MR) is 172 cm³/mol. The van der Waals surface area contributed by atoms with Gasteiger partial charge in [0.1, 0.15) is 7.05 Å². The van der Waals surface area contributed by atoms with Gasteiger partial charge < -0.3 is 4.57 Å². The van der Waals surface area contributed by atoms with E-state index in [1.54, 1.807) is 0 Å². The highest BCUT2D eigenvalue weighted by Gasteiger charge is 2.21. The molecule has 0 fully saturated rings. The van der Waals surface area contributed by atoms with Crippen LogP contribution in [-0.2, 0) is 7.05 Å². The van der Waals surface area contributed by atoms with E-state index in [-0.39, 0.29) is 0 Å². The minimum atomic E-state index is 1.16. The van der Waals surface area contributed by atoms with Gasteiger partial charge in [0.05, 0.1) is 16.4 Å². The molecular weight excluding hydrogens is 496 g/mol. The number of fused-ring (bicyclic) bond motifs is 3. The van der Waals surface area contributed by atoms with Crippen LogP contribution in [-0.4, -0.2) is 4.57 Å². The summed E-state index contributed by atoms with van der Waals surface area (Å²) >= 11 is 0. The number of aromatic nitrogens is 2. The van der Waals surface area contributed by atoms with Crippen LogP contribution in [0.15, 0.2) is 128 Å². The molecule has 0 N–H and O–H groups in total. The molecule has 2 heterocycles. The molecule has 41 heavy (non-hydrogen) atoms. The second kappa shape index (κ2) is 9.91. The van der Waals surface area contributed by atoms with E-state index in [1.807, 2.05) is 0 Å². The molecule has 198 valence electrons.